The lowest BCUT2D eigenvalue weighted by Gasteiger charge is -2.66. The second-order valence-electron chi connectivity index (χ2n) is 10.6. The molecule has 4 fully saturated rings. The fourth-order valence-corrected chi connectivity index (χ4v) is 7.50. The van der Waals surface area contributed by atoms with Gasteiger partial charge in [-0.2, -0.15) is 0 Å². The van der Waals surface area contributed by atoms with Gasteiger partial charge >= 0.3 is 0 Å². The van der Waals surface area contributed by atoms with Gasteiger partial charge in [-0.25, -0.2) is 0 Å². The average Bonchev–Trinajstić information content (AvgIpc) is 2.74. The van der Waals surface area contributed by atoms with E-state index in [9.17, 15) is 4.79 Å². The molecule has 0 radical (unpaired) electrons. The van der Waals surface area contributed by atoms with Crippen LogP contribution in [0.1, 0.15) is 49.7 Å². The molecule has 4 bridgehead atoms. The van der Waals surface area contributed by atoms with Gasteiger partial charge in [0.1, 0.15) is 0 Å². The molecule has 0 aromatic heterocycles. The van der Waals surface area contributed by atoms with Crippen LogP contribution in [-0.4, -0.2) is 38.0 Å². The zero-order chi connectivity index (χ0) is 20.8. The van der Waals surface area contributed by atoms with E-state index in [1.807, 2.05) is 0 Å². The van der Waals surface area contributed by atoms with Crippen LogP contribution in [0, 0.1) is 11.3 Å². The minimum atomic E-state index is -0.239. The van der Waals surface area contributed by atoms with Gasteiger partial charge in [0.05, 0.1) is 5.41 Å². The van der Waals surface area contributed by atoms with Crippen LogP contribution in [0.25, 0.3) is 0 Å². The number of likely N-dealkylation sites (N-methyl/N-ethyl adjacent to an activating group) is 1. The molecular weight excluding hydrogens is 368 g/mol. The van der Waals surface area contributed by atoms with Gasteiger partial charge in [-0.3, -0.25) is 4.79 Å². The molecule has 1 N–H and O–H groups in total. The highest BCUT2D eigenvalue weighted by molar-refractivity contribution is 5.84. The van der Waals surface area contributed by atoms with Crippen LogP contribution < -0.4 is 5.32 Å². The summed E-state index contributed by atoms with van der Waals surface area (Å²) in [6.45, 7) is 1.62. The minimum Gasteiger partial charge on any atom is -0.354 e. The molecule has 3 heteroatoms. The van der Waals surface area contributed by atoms with Crippen LogP contribution in [0.4, 0.5) is 0 Å². The quantitative estimate of drug-likeness (QED) is 0.770. The predicted octanol–water partition coefficient (Wildman–Crippen LogP) is 4.52. The van der Waals surface area contributed by atoms with Crippen molar-refractivity contribution < 1.29 is 4.79 Å². The van der Waals surface area contributed by atoms with Crippen molar-refractivity contribution in [1.82, 2.24) is 10.2 Å². The first-order chi connectivity index (χ1) is 14.5. The van der Waals surface area contributed by atoms with Crippen LogP contribution >= 0.6 is 0 Å². The number of carbonyl (C=O) groups excluding carboxylic acids is 1. The topological polar surface area (TPSA) is 32.3 Å². The first-order valence-corrected chi connectivity index (χ1v) is 11.5. The fourth-order valence-electron chi connectivity index (χ4n) is 7.50. The SMILES string of the molecule is CN(C)CCNC(=O)C12CC3CC(c4ccccc4)(C1)CC(c1ccccc1)(C3)C2. The number of nitrogens with zero attached hydrogens (tertiary/aromatic N) is 1. The van der Waals surface area contributed by atoms with E-state index in [0.717, 1.165) is 32.4 Å². The molecule has 6 rings (SSSR count). The van der Waals surface area contributed by atoms with E-state index in [2.05, 4.69) is 85.0 Å². The van der Waals surface area contributed by atoms with Gasteiger partial charge in [0.25, 0.3) is 0 Å². The first-order valence-electron chi connectivity index (χ1n) is 11.5. The molecule has 4 saturated carbocycles. The number of nitrogens with one attached hydrogen (secondary N) is 1. The molecule has 2 aromatic rings. The van der Waals surface area contributed by atoms with Crippen molar-refractivity contribution in [3.05, 3.63) is 71.8 Å². The Morgan fingerprint density at radius 3 is 1.90 bits per heavy atom. The molecular formula is C27H34N2O. The zero-order valence-corrected chi connectivity index (χ0v) is 18.4. The second-order valence-corrected chi connectivity index (χ2v) is 10.6. The van der Waals surface area contributed by atoms with Crippen molar-refractivity contribution in [2.24, 2.45) is 11.3 Å². The maximum absolute atomic E-state index is 13.7. The highest BCUT2D eigenvalue weighted by atomic mass is 16.2. The third-order valence-electron chi connectivity index (χ3n) is 8.17. The van der Waals surface area contributed by atoms with Crippen molar-refractivity contribution in [1.29, 1.82) is 0 Å². The van der Waals surface area contributed by atoms with Crippen molar-refractivity contribution in [3.63, 3.8) is 0 Å². The van der Waals surface area contributed by atoms with Crippen molar-refractivity contribution in [2.75, 3.05) is 27.2 Å². The minimum absolute atomic E-state index is 0.120. The Balaban J connectivity index is 1.55. The Labute approximate surface area is 180 Å². The molecule has 2 atom stereocenters. The standard InChI is InChI=1S/C27H34N2O/c1-29(2)14-13-28-24(30)27-17-21-15-25(19-27,22-9-5-3-6-10-22)18-26(16-21,20-27)23-11-7-4-8-12-23/h3-12,21H,13-20H2,1-2H3,(H,28,30). The maximum Gasteiger partial charge on any atom is 0.226 e. The Kier molecular flexibility index (Phi) is 4.77. The summed E-state index contributed by atoms with van der Waals surface area (Å²) in [7, 11) is 4.12. The van der Waals surface area contributed by atoms with Crippen LogP contribution in [0.3, 0.4) is 0 Å². The lowest BCUT2D eigenvalue weighted by molar-refractivity contribution is -0.152. The molecule has 30 heavy (non-hydrogen) atoms. The maximum atomic E-state index is 13.7. The normalized spacial score (nSPS) is 34.3. The first kappa shape index (κ1) is 19.8. The van der Waals surface area contributed by atoms with E-state index in [-0.39, 0.29) is 16.2 Å². The van der Waals surface area contributed by atoms with E-state index >= 15 is 0 Å². The summed E-state index contributed by atoms with van der Waals surface area (Å²) in [6.07, 6.45) is 6.71. The Hall–Kier alpha value is -2.13. The van der Waals surface area contributed by atoms with E-state index in [1.54, 1.807) is 0 Å². The molecule has 2 aromatic carbocycles. The number of benzene rings is 2. The largest absolute Gasteiger partial charge is 0.354 e. The summed E-state index contributed by atoms with van der Waals surface area (Å²) in [5, 5.41) is 3.33. The molecule has 4 aliphatic carbocycles. The van der Waals surface area contributed by atoms with Gasteiger partial charge in [-0.1, -0.05) is 60.7 Å². The molecule has 1 amide bonds. The van der Waals surface area contributed by atoms with Gasteiger partial charge in [0.15, 0.2) is 0 Å². The monoisotopic (exact) mass is 402 g/mol. The Bertz CT molecular complexity index is 851. The average molecular weight is 403 g/mol. The zero-order valence-electron chi connectivity index (χ0n) is 18.4. The summed E-state index contributed by atoms with van der Waals surface area (Å²) >= 11 is 0. The van der Waals surface area contributed by atoms with Gasteiger partial charge < -0.3 is 10.2 Å². The highest BCUT2D eigenvalue weighted by Gasteiger charge is 2.66. The Morgan fingerprint density at radius 1 is 0.867 bits per heavy atom. The van der Waals surface area contributed by atoms with E-state index in [0.29, 0.717) is 11.8 Å². The summed E-state index contributed by atoms with van der Waals surface area (Å²) in [4.78, 5) is 15.8. The molecule has 3 nitrogen and oxygen atoms in total. The summed E-state index contributed by atoms with van der Waals surface area (Å²) < 4.78 is 0. The van der Waals surface area contributed by atoms with Crippen LogP contribution in [0.15, 0.2) is 60.7 Å². The highest BCUT2D eigenvalue weighted by Crippen LogP contribution is 2.70. The molecule has 0 spiro atoms. The van der Waals surface area contributed by atoms with Crippen molar-refractivity contribution in [3.8, 4) is 0 Å². The number of rotatable bonds is 6. The molecule has 0 heterocycles. The molecule has 4 aliphatic rings. The lowest BCUT2D eigenvalue weighted by atomic mass is 9.37. The number of hydrogen-bond acceptors (Lipinski definition) is 2. The summed E-state index contributed by atoms with van der Waals surface area (Å²) in [5.74, 6) is 0.926. The second kappa shape index (κ2) is 7.23. The number of amides is 1. The van der Waals surface area contributed by atoms with Crippen LogP contribution in [0.5, 0.6) is 0 Å². The number of hydrogen-bond donors (Lipinski definition) is 1. The van der Waals surface area contributed by atoms with E-state index < -0.39 is 0 Å². The molecule has 0 saturated heterocycles. The Morgan fingerprint density at radius 2 is 1.40 bits per heavy atom. The summed E-state index contributed by atoms with van der Waals surface area (Å²) in [6, 6.07) is 22.2. The van der Waals surface area contributed by atoms with E-state index in [4.69, 9.17) is 0 Å². The van der Waals surface area contributed by atoms with Gasteiger partial charge in [-0.05, 0) is 80.5 Å². The molecule has 158 valence electrons. The van der Waals surface area contributed by atoms with Crippen molar-refractivity contribution >= 4 is 5.91 Å². The molecule has 0 aliphatic heterocycles. The fraction of sp³-hybridized carbons (Fsp3) is 0.519. The van der Waals surface area contributed by atoms with Gasteiger partial charge in [0, 0.05) is 13.1 Å². The van der Waals surface area contributed by atoms with Crippen LogP contribution in [-0.2, 0) is 15.6 Å². The van der Waals surface area contributed by atoms with Gasteiger partial charge in [0.2, 0.25) is 5.91 Å². The third-order valence-corrected chi connectivity index (χ3v) is 8.17. The van der Waals surface area contributed by atoms with E-state index in [1.165, 1.54) is 30.4 Å². The predicted molar refractivity (Wildman–Crippen MR) is 121 cm³/mol. The third kappa shape index (κ3) is 3.19. The number of carbonyl (C=O) groups is 1. The van der Waals surface area contributed by atoms with Gasteiger partial charge in [-0.15, -0.1) is 0 Å². The van der Waals surface area contributed by atoms with Crippen LogP contribution in [0.2, 0.25) is 0 Å². The van der Waals surface area contributed by atoms with Crippen molar-refractivity contribution in [2.45, 2.75) is 49.4 Å². The lowest BCUT2D eigenvalue weighted by Crippen LogP contribution is -2.64. The summed E-state index contributed by atoms with van der Waals surface area (Å²) in [5.41, 5.74) is 2.89. The smallest absolute Gasteiger partial charge is 0.226 e. The molecule has 2 unspecified atom stereocenters.